The van der Waals surface area contributed by atoms with E-state index in [1.165, 1.54) is 17.7 Å². The lowest BCUT2D eigenvalue weighted by Crippen LogP contribution is -2.45. The topological polar surface area (TPSA) is 38.3 Å². The van der Waals surface area contributed by atoms with Gasteiger partial charge in [0.1, 0.15) is 6.04 Å². The van der Waals surface area contributed by atoms with Crippen molar-refractivity contribution in [3.05, 3.63) is 22.4 Å². The van der Waals surface area contributed by atoms with Crippen LogP contribution in [0, 0.1) is 11.8 Å². The molecule has 1 aliphatic carbocycles. The van der Waals surface area contributed by atoms with Crippen LogP contribution in [0.3, 0.4) is 0 Å². The highest BCUT2D eigenvalue weighted by atomic mass is 32.1. The Hall–Kier alpha value is -0.870. The van der Waals surface area contributed by atoms with Gasteiger partial charge in [0.25, 0.3) is 0 Å². The standard InChI is InChI=1S/C16H25NO2S/c1-3-19-16(18)15(13-7-4-6-12(2)10-13)17-11-14-8-5-9-20-14/h5,8-9,12-13,15,17H,3-4,6-7,10-11H2,1-2H3. The van der Waals surface area contributed by atoms with E-state index in [9.17, 15) is 4.79 Å². The maximum absolute atomic E-state index is 12.2. The second-order valence-corrected chi connectivity index (χ2v) is 6.75. The third kappa shape index (κ3) is 4.32. The minimum absolute atomic E-state index is 0.0804. The number of carbonyl (C=O) groups is 1. The van der Waals surface area contributed by atoms with Crippen molar-refractivity contribution in [3.63, 3.8) is 0 Å². The summed E-state index contributed by atoms with van der Waals surface area (Å²) in [5.74, 6) is 1.05. The Kier molecular flexibility index (Phi) is 6.05. The summed E-state index contributed by atoms with van der Waals surface area (Å²) in [6.07, 6.45) is 4.77. The number of esters is 1. The Morgan fingerprint density at radius 1 is 1.55 bits per heavy atom. The third-order valence-corrected chi connectivity index (χ3v) is 4.94. The number of nitrogens with one attached hydrogen (secondary N) is 1. The molecule has 112 valence electrons. The number of rotatable bonds is 6. The molecule has 4 heteroatoms. The first-order valence-corrected chi connectivity index (χ1v) is 8.51. The first-order chi connectivity index (χ1) is 9.70. The van der Waals surface area contributed by atoms with Gasteiger partial charge in [0.2, 0.25) is 0 Å². The van der Waals surface area contributed by atoms with E-state index in [4.69, 9.17) is 4.74 Å². The quantitative estimate of drug-likeness (QED) is 0.815. The third-order valence-electron chi connectivity index (χ3n) is 4.07. The normalized spacial score (nSPS) is 24.3. The molecule has 1 N–H and O–H groups in total. The van der Waals surface area contributed by atoms with Crippen molar-refractivity contribution in [1.29, 1.82) is 0 Å². The lowest BCUT2D eigenvalue weighted by atomic mass is 9.78. The van der Waals surface area contributed by atoms with Crippen LogP contribution in [-0.4, -0.2) is 18.6 Å². The summed E-state index contributed by atoms with van der Waals surface area (Å²) < 4.78 is 5.26. The molecule has 20 heavy (non-hydrogen) atoms. The van der Waals surface area contributed by atoms with Gasteiger partial charge in [-0.1, -0.05) is 25.8 Å². The van der Waals surface area contributed by atoms with Gasteiger partial charge in [-0.2, -0.15) is 0 Å². The van der Waals surface area contributed by atoms with Crippen molar-refractivity contribution in [2.24, 2.45) is 11.8 Å². The molecule has 1 saturated carbocycles. The first-order valence-electron chi connectivity index (χ1n) is 7.63. The summed E-state index contributed by atoms with van der Waals surface area (Å²) in [6.45, 7) is 5.37. The molecule has 0 spiro atoms. The molecule has 1 aromatic rings. The summed E-state index contributed by atoms with van der Waals surface area (Å²) >= 11 is 1.72. The molecule has 0 saturated heterocycles. The van der Waals surface area contributed by atoms with Crippen molar-refractivity contribution < 1.29 is 9.53 Å². The molecule has 0 aromatic carbocycles. The van der Waals surface area contributed by atoms with Gasteiger partial charge < -0.3 is 4.74 Å². The summed E-state index contributed by atoms with van der Waals surface area (Å²) in [7, 11) is 0. The molecule has 3 nitrogen and oxygen atoms in total. The van der Waals surface area contributed by atoms with Crippen molar-refractivity contribution in [2.75, 3.05) is 6.61 Å². The van der Waals surface area contributed by atoms with Gasteiger partial charge >= 0.3 is 5.97 Å². The van der Waals surface area contributed by atoms with Gasteiger partial charge in [0, 0.05) is 11.4 Å². The summed E-state index contributed by atoms with van der Waals surface area (Å²) in [4.78, 5) is 13.5. The van der Waals surface area contributed by atoms with E-state index in [-0.39, 0.29) is 12.0 Å². The highest BCUT2D eigenvalue weighted by Crippen LogP contribution is 2.31. The van der Waals surface area contributed by atoms with Crippen LogP contribution in [0.1, 0.15) is 44.4 Å². The van der Waals surface area contributed by atoms with Crippen molar-refractivity contribution in [1.82, 2.24) is 5.32 Å². The molecule has 1 heterocycles. The predicted octanol–water partition coefficient (Wildman–Crippen LogP) is 3.60. The highest BCUT2D eigenvalue weighted by molar-refractivity contribution is 7.09. The van der Waals surface area contributed by atoms with Crippen LogP contribution in [0.25, 0.3) is 0 Å². The zero-order valence-electron chi connectivity index (χ0n) is 12.4. The van der Waals surface area contributed by atoms with Gasteiger partial charge in [-0.15, -0.1) is 11.3 Å². The van der Waals surface area contributed by atoms with E-state index in [0.717, 1.165) is 19.4 Å². The molecule has 0 bridgehead atoms. The Balaban J connectivity index is 1.97. The van der Waals surface area contributed by atoms with E-state index in [1.807, 2.05) is 13.0 Å². The molecule has 1 aromatic heterocycles. The van der Waals surface area contributed by atoms with Crippen LogP contribution in [-0.2, 0) is 16.1 Å². The van der Waals surface area contributed by atoms with Crippen molar-refractivity contribution in [3.8, 4) is 0 Å². The van der Waals surface area contributed by atoms with Crippen LogP contribution in [0.5, 0.6) is 0 Å². The number of hydrogen-bond acceptors (Lipinski definition) is 4. The lowest BCUT2D eigenvalue weighted by Gasteiger charge is -2.32. The van der Waals surface area contributed by atoms with Crippen LogP contribution < -0.4 is 5.32 Å². The monoisotopic (exact) mass is 295 g/mol. The average molecular weight is 295 g/mol. The van der Waals surface area contributed by atoms with Gasteiger partial charge in [-0.25, -0.2) is 0 Å². The number of ether oxygens (including phenoxy) is 1. The Bertz CT molecular complexity index is 405. The largest absolute Gasteiger partial charge is 0.465 e. The van der Waals surface area contributed by atoms with Crippen molar-refractivity contribution >= 4 is 17.3 Å². The maximum atomic E-state index is 12.2. The second kappa shape index (κ2) is 7.79. The van der Waals surface area contributed by atoms with Gasteiger partial charge in [-0.3, -0.25) is 10.1 Å². The van der Waals surface area contributed by atoms with Gasteiger partial charge in [0.15, 0.2) is 0 Å². The fraction of sp³-hybridized carbons (Fsp3) is 0.688. The van der Waals surface area contributed by atoms with E-state index in [0.29, 0.717) is 18.4 Å². The van der Waals surface area contributed by atoms with E-state index in [1.54, 1.807) is 11.3 Å². The molecule has 0 aliphatic heterocycles. The van der Waals surface area contributed by atoms with Gasteiger partial charge in [0.05, 0.1) is 6.61 Å². The summed E-state index contributed by atoms with van der Waals surface area (Å²) in [6, 6.07) is 3.99. The van der Waals surface area contributed by atoms with Crippen LogP contribution >= 0.6 is 11.3 Å². The Labute approximate surface area is 125 Å². The van der Waals surface area contributed by atoms with Crippen LogP contribution in [0.4, 0.5) is 0 Å². The molecule has 3 atom stereocenters. The number of hydrogen-bond donors (Lipinski definition) is 1. The first kappa shape index (κ1) is 15.5. The fourth-order valence-corrected chi connectivity index (χ4v) is 3.74. The molecular weight excluding hydrogens is 270 g/mol. The van der Waals surface area contributed by atoms with Gasteiger partial charge in [-0.05, 0) is 43.0 Å². The van der Waals surface area contributed by atoms with E-state index in [2.05, 4.69) is 23.7 Å². The predicted molar refractivity (Wildman–Crippen MR) is 82.7 cm³/mol. The smallest absolute Gasteiger partial charge is 0.323 e. The molecule has 1 fully saturated rings. The Morgan fingerprint density at radius 3 is 3.05 bits per heavy atom. The zero-order chi connectivity index (χ0) is 14.4. The highest BCUT2D eigenvalue weighted by Gasteiger charge is 2.32. The van der Waals surface area contributed by atoms with Crippen LogP contribution in [0.15, 0.2) is 17.5 Å². The van der Waals surface area contributed by atoms with Crippen LogP contribution in [0.2, 0.25) is 0 Å². The molecule has 3 unspecified atom stereocenters. The number of thiophene rings is 1. The lowest BCUT2D eigenvalue weighted by molar-refractivity contribution is -0.147. The summed E-state index contributed by atoms with van der Waals surface area (Å²) in [5, 5.41) is 5.50. The Morgan fingerprint density at radius 2 is 2.40 bits per heavy atom. The fourth-order valence-electron chi connectivity index (χ4n) is 3.08. The van der Waals surface area contributed by atoms with E-state index < -0.39 is 0 Å². The zero-order valence-corrected chi connectivity index (χ0v) is 13.2. The molecular formula is C16H25NO2S. The molecule has 0 amide bonds. The minimum Gasteiger partial charge on any atom is -0.465 e. The van der Waals surface area contributed by atoms with Crippen molar-refractivity contribution in [2.45, 2.75) is 52.1 Å². The SMILES string of the molecule is CCOC(=O)C(NCc1cccs1)C1CCCC(C)C1. The molecule has 0 radical (unpaired) electrons. The number of carbonyl (C=O) groups excluding carboxylic acids is 1. The average Bonchev–Trinajstić information content (AvgIpc) is 2.92. The summed E-state index contributed by atoms with van der Waals surface area (Å²) in [5.41, 5.74) is 0. The molecule has 2 rings (SSSR count). The van der Waals surface area contributed by atoms with E-state index >= 15 is 0 Å². The second-order valence-electron chi connectivity index (χ2n) is 5.72. The minimum atomic E-state index is -0.153. The maximum Gasteiger partial charge on any atom is 0.323 e. The molecule has 1 aliphatic rings.